The number of fused-ring (bicyclic) bond motifs is 7. The van der Waals surface area contributed by atoms with E-state index in [1.165, 1.54) is 47.9 Å². The largest absolute Gasteiger partial charge is 0.368 e. The number of amides is 2. The maximum atomic E-state index is 13.1. The average Bonchev–Trinajstić information content (AvgIpc) is 3.62. The third-order valence-corrected chi connectivity index (χ3v) is 9.18. The molecule has 5 aromatic heterocycles. The molecule has 0 radical (unpaired) electrons. The summed E-state index contributed by atoms with van der Waals surface area (Å²) in [6.45, 7) is 3.67. The van der Waals surface area contributed by atoms with Gasteiger partial charge in [0.1, 0.15) is 27.8 Å². The number of pyridine rings is 2. The number of nitrogens with zero attached hydrogens (tertiary/aromatic N) is 6. The molecule has 0 aromatic carbocycles. The maximum Gasteiger partial charge on any atom is 0.261 e. The first-order valence-corrected chi connectivity index (χ1v) is 14.4. The van der Waals surface area contributed by atoms with Crippen LogP contribution in [0.5, 0.6) is 0 Å². The van der Waals surface area contributed by atoms with E-state index in [2.05, 4.69) is 30.4 Å². The van der Waals surface area contributed by atoms with Crippen LogP contribution in [0, 0.1) is 11.8 Å². The Bertz CT molecular complexity index is 1820. The van der Waals surface area contributed by atoms with Gasteiger partial charge in [-0.25, -0.2) is 4.52 Å². The molecule has 2 amide bonds. The highest BCUT2D eigenvalue weighted by molar-refractivity contribution is 7.21. The van der Waals surface area contributed by atoms with Crippen molar-refractivity contribution in [1.29, 1.82) is 0 Å². The molecule has 13 heteroatoms. The molecule has 0 spiro atoms. The SMILES string of the molecule is NC(=O)Cn1cc(-c2cn3nc4c5ncc(C(=O)NCCN6CC7CCCC(C7)C6)cc5[nH]c(=O)c4c3s2)cn1. The monoisotopic (exact) mass is 559 g/mol. The number of hydrogen-bond donors (Lipinski definition) is 3. The second-order valence-electron chi connectivity index (χ2n) is 11.0. The van der Waals surface area contributed by atoms with Gasteiger partial charge in [-0.1, -0.05) is 6.42 Å². The normalized spacial score (nSPS) is 19.5. The van der Waals surface area contributed by atoms with Gasteiger partial charge in [-0.3, -0.25) is 24.0 Å². The third-order valence-electron chi connectivity index (χ3n) is 8.04. The van der Waals surface area contributed by atoms with Gasteiger partial charge < -0.3 is 20.9 Å². The van der Waals surface area contributed by atoms with Crippen molar-refractivity contribution < 1.29 is 9.59 Å². The molecule has 2 unspecified atom stereocenters. The first kappa shape index (κ1) is 24.9. The number of aromatic nitrogens is 6. The van der Waals surface area contributed by atoms with Gasteiger partial charge in [0.2, 0.25) is 5.91 Å². The summed E-state index contributed by atoms with van der Waals surface area (Å²) in [5.41, 5.74) is 7.61. The van der Waals surface area contributed by atoms with Gasteiger partial charge in [0.25, 0.3) is 11.5 Å². The maximum absolute atomic E-state index is 13.1. The van der Waals surface area contributed by atoms with Crippen molar-refractivity contribution in [3.05, 3.63) is 46.8 Å². The van der Waals surface area contributed by atoms with E-state index in [0.29, 0.717) is 38.9 Å². The number of primary amides is 1. The second-order valence-corrected chi connectivity index (χ2v) is 12.0. The van der Waals surface area contributed by atoms with Crippen LogP contribution < -0.4 is 16.6 Å². The van der Waals surface area contributed by atoms with Gasteiger partial charge in [-0.15, -0.1) is 11.3 Å². The molecule has 1 aliphatic carbocycles. The van der Waals surface area contributed by atoms with Crippen LogP contribution in [0.3, 0.4) is 0 Å². The standard InChI is InChI=1S/C27H29N9O3S/c28-21(37)14-35-12-18(9-31-35)20-13-36-27(40-20)22-24(33-36)23-19(32-26(22)39)7-17(8-30-23)25(38)29-4-5-34-10-15-2-1-3-16(6-15)11-34/h7-9,12-13,15-16H,1-6,10-11,14H2,(H2,28,37)(H,29,38)(H,32,39). The van der Waals surface area contributed by atoms with E-state index in [9.17, 15) is 14.4 Å². The molecule has 206 valence electrons. The zero-order valence-electron chi connectivity index (χ0n) is 21.8. The summed E-state index contributed by atoms with van der Waals surface area (Å²) in [5.74, 6) is 0.921. The molecule has 1 saturated heterocycles. The van der Waals surface area contributed by atoms with E-state index in [1.54, 1.807) is 23.0 Å². The molecule has 40 heavy (non-hydrogen) atoms. The van der Waals surface area contributed by atoms with Gasteiger partial charge in [0.05, 0.1) is 22.2 Å². The fourth-order valence-corrected chi connectivity index (χ4v) is 7.36. The van der Waals surface area contributed by atoms with Crippen LogP contribution >= 0.6 is 11.3 Å². The van der Waals surface area contributed by atoms with Crippen molar-refractivity contribution in [3.8, 4) is 10.4 Å². The van der Waals surface area contributed by atoms with E-state index in [0.717, 1.165) is 41.9 Å². The quantitative estimate of drug-likeness (QED) is 0.275. The number of hydrogen-bond acceptors (Lipinski definition) is 8. The van der Waals surface area contributed by atoms with Gasteiger partial charge >= 0.3 is 0 Å². The highest BCUT2D eigenvalue weighted by Crippen LogP contribution is 2.34. The number of carbonyl (C=O) groups is 2. The Morgan fingerprint density at radius 1 is 1.15 bits per heavy atom. The first-order chi connectivity index (χ1) is 19.4. The molecule has 4 N–H and O–H groups in total. The summed E-state index contributed by atoms with van der Waals surface area (Å²) in [6, 6.07) is 1.66. The van der Waals surface area contributed by atoms with E-state index >= 15 is 0 Å². The van der Waals surface area contributed by atoms with Crippen LogP contribution in [-0.2, 0) is 11.3 Å². The number of nitrogens with one attached hydrogen (secondary N) is 2. The zero-order valence-corrected chi connectivity index (χ0v) is 22.6. The second kappa shape index (κ2) is 9.82. The Hall–Kier alpha value is -4.10. The lowest BCUT2D eigenvalue weighted by atomic mass is 9.78. The molecule has 1 aliphatic heterocycles. The summed E-state index contributed by atoms with van der Waals surface area (Å²) >= 11 is 1.39. The molecule has 2 atom stereocenters. The highest BCUT2D eigenvalue weighted by atomic mass is 32.1. The predicted octanol–water partition coefficient (Wildman–Crippen LogP) is 1.99. The number of likely N-dealkylation sites (tertiary alicyclic amines) is 1. The number of carbonyl (C=O) groups excluding carboxylic acids is 2. The Kier molecular flexibility index (Phi) is 6.12. The molecule has 12 nitrogen and oxygen atoms in total. The van der Waals surface area contributed by atoms with E-state index in [1.807, 2.05) is 6.20 Å². The van der Waals surface area contributed by atoms with Crippen molar-refractivity contribution >= 4 is 49.9 Å². The smallest absolute Gasteiger partial charge is 0.261 e. The first-order valence-electron chi connectivity index (χ1n) is 13.6. The predicted molar refractivity (Wildman–Crippen MR) is 151 cm³/mol. The van der Waals surface area contributed by atoms with Gasteiger partial charge in [0, 0.05) is 50.3 Å². The fourth-order valence-electron chi connectivity index (χ4n) is 6.30. The van der Waals surface area contributed by atoms with Crippen molar-refractivity contribution in [3.63, 3.8) is 0 Å². The minimum Gasteiger partial charge on any atom is -0.368 e. The fraction of sp³-hybridized carbons (Fsp3) is 0.407. The molecule has 5 aromatic rings. The third kappa shape index (κ3) is 4.54. The minimum absolute atomic E-state index is 0.0118. The molecule has 6 heterocycles. The van der Waals surface area contributed by atoms with Crippen LogP contribution in [-0.4, -0.2) is 72.3 Å². The van der Waals surface area contributed by atoms with Crippen LogP contribution in [0.15, 0.2) is 35.6 Å². The molecule has 2 aliphatic rings. The van der Waals surface area contributed by atoms with Crippen molar-refractivity contribution in [2.45, 2.75) is 32.2 Å². The summed E-state index contributed by atoms with van der Waals surface area (Å²) in [7, 11) is 0. The van der Waals surface area contributed by atoms with Crippen molar-refractivity contribution in [1.82, 2.24) is 39.6 Å². The Labute approximate surface area is 232 Å². The molecule has 2 fully saturated rings. The summed E-state index contributed by atoms with van der Waals surface area (Å²) < 4.78 is 3.12. The lowest BCUT2D eigenvalue weighted by Crippen LogP contribution is -2.45. The number of rotatable bonds is 7. The topological polar surface area (TPSA) is 156 Å². The summed E-state index contributed by atoms with van der Waals surface area (Å²) in [6.07, 6.45) is 12.1. The van der Waals surface area contributed by atoms with Crippen LogP contribution in [0.4, 0.5) is 0 Å². The van der Waals surface area contributed by atoms with Crippen molar-refractivity contribution in [2.24, 2.45) is 17.6 Å². The molecule has 7 rings (SSSR count). The lowest BCUT2D eigenvalue weighted by Gasteiger charge is -2.41. The number of H-pyrrole nitrogens is 1. The van der Waals surface area contributed by atoms with Crippen molar-refractivity contribution in [2.75, 3.05) is 26.2 Å². The highest BCUT2D eigenvalue weighted by Gasteiger charge is 2.30. The molecular formula is C27H29N9O3S. The number of nitrogens with two attached hydrogens (primary N) is 1. The molecular weight excluding hydrogens is 530 g/mol. The Morgan fingerprint density at radius 2 is 1.98 bits per heavy atom. The van der Waals surface area contributed by atoms with E-state index in [4.69, 9.17) is 5.73 Å². The Balaban J connectivity index is 1.10. The number of piperidine rings is 1. The van der Waals surface area contributed by atoms with Crippen LogP contribution in [0.1, 0.15) is 36.0 Å². The lowest BCUT2D eigenvalue weighted by molar-refractivity contribution is -0.118. The average molecular weight is 560 g/mol. The van der Waals surface area contributed by atoms with Gasteiger partial charge in [-0.05, 0) is 37.2 Å². The summed E-state index contributed by atoms with van der Waals surface area (Å²) in [4.78, 5) is 48.6. The van der Waals surface area contributed by atoms with E-state index < -0.39 is 5.91 Å². The minimum atomic E-state index is -0.479. The van der Waals surface area contributed by atoms with Gasteiger partial charge in [0.15, 0.2) is 0 Å². The summed E-state index contributed by atoms with van der Waals surface area (Å²) in [5, 5.41) is 12.3. The van der Waals surface area contributed by atoms with E-state index in [-0.39, 0.29) is 18.0 Å². The van der Waals surface area contributed by atoms with Crippen LogP contribution in [0.2, 0.25) is 0 Å². The van der Waals surface area contributed by atoms with Gasteiger partial charge in [-0.2, -0.15) is 10.2 Å². The molecule has 2 bridgehead atoms. The Morgan fingerprint density at radius 3 is 2.77 bits per heavy atom. The molecule has 1 saturated carbocycles. The zero-order chi connectivity index (χ0) is 27.4. The van der Waals surface area contributed by atoms with Crippen LogP contribution in [0.25, 0.3) is 37.2 Å². The number of aromatic amines is 1. The number of thiazole rings is 1.